The predicted octanol–water partition coefficient (Wildman–Crippen LogP) is 3.07. The topological polar surface area (TPSA) is 34.1 Å². The normalized spacial score (nSPS) is 12.2. The van der Waals surface area contributed by atoms with Gasteiger partial charge < -0.3 is 0 Å². The molecule has 0 aliphatic carbocycles. The second-order valence-electron chi connectivity index (χ2n) is 2.80. The molecular weight excluding hydrogens is 267 g/mol. The van der Waals surface area contributed by atoms with Crippen LogP contribution in [0.4, 0.5) is 0 Å². The Kier molecular flexibility index (Phi) is 3.84. The molecule has 4 heteroatoms. The molecule has 0 spiro atoms. The van der Waals surface area contributed by atoms with Crippen LogP contribution in [0.3, 0.4) is 0 Å². The van der Waals surface area contributed by atoms with Crippen molar-refractivity contribution in [2.24, 2.45) is 0 Å². The van der Waals surface area contributed by atoms with Crippen molar-refractivity contribution in [2.75, 3.05) is 0 Å². The first-order valence-electron chi connectivity index (χ1n) is 4.00. The molecule has 1 aromatic rings. The van der Waals surface area contributed by atoms with Crippen LogP contribution in [-0.2, 0) is 0 Å². The van der Waals surface area contributed by atoms with E-state index in [-0.39, 0.29) is 5.78 Å². The zero-order valence-corrected chi connectivity index (χ0v) is 9.80. The molecule has 0 saturated heterocycles. The Bertz CT molecular complexity index is 374. The molecular formula is C10H8BrClO2. The van der Waals surface area contributed by atoms with Crippen molar-refractivity contribution in [3.8, 4) is 0 Å². The van der Waals surface area contributed by atoms with Crippen molar-refractivity contribution in [2.45, 2.75) is 12.3 Å². The molecule has 1 unspecified atom stereocenters. The molecule has 0 N–H and O–H groups in total. The highest BCUT2D eigenvalue weighted by Crippen LogP contribution is 2.22. The van der Waals surface area contributed by atoms with Crippen LogP contribution in [0.5, 0.6) is 0 Å². The SMILES string of the molecule is CC(Cl)C(=O)c1c(Br)cccc1C=O. The molecule has 0 fully saturated rings. The molecule has 1 aromatic carbocycles. The Morgan fingerprint density at radius 3 is 2.71 bits per heavy atom. The van der Waals surface area contributed by atoms with Crippen molar-refractivity contribution in [3.05, 3.63) is 33.8 Å². The minimum atomic E-state index is -0.632. The fraction of sp³-hybridized carbons (Fsp3) is 0.200. The third-order valence-corrected chi connectivity index (χ3v) is 2.64. The van der Waals surface area contributed by atoms with Gasteiger partial charge in [-0.15, -0.1) is 11.6 Å². The van der Waals surface area contributed by atoms with Crippen molar-refractivity contribution in [3.63, 3.8) is 0 Å². The molecule has 2 nitrogen and oxygen atoms in total. The summed E-state index contributed by atoms with van der Waals surface area (Å²) >= 11 is 8.90. The lowest BCUT2D eigenvalue weighted by Gasteiger charge is -2.07. The molecule has 0 radical (unpaired) electrons. The molecule has 74 valence electrons. The zero-order chi connectivity index (χ0) is 10.7. The van der Waals surface area contributed by atoms with E-state index in [0.717, 1.165) is 0 Å². The van der Waals surface area contributed by atoms with Gasteiger partial charge in [-0.25, -0.2) is 0 Å². The lowest BCUT2D eigenvalue weighted by Crippen LogP contribution is -2.13. The van der Waals surface area contributed by atoms with E-state index >= 15 is 0 Å². The number of hydrogen-bond acceptors (Lipinski definition) is 2. The monoisotopic (exact) mass is 274 g/mol. The van der Waals surface area contributed by atoms with Crippen molar-refractivity contribution < 1.29 is 9.59 Å². The van der Waals surface area contributed by atoms with Crippen LogP contribution in [0.1, 0.15) is 27.6 Å². The second kappa shape index (κ2) is 4.71. The molecule has 14 heavy (non-hydrogen) atoms. The van der Waals surface area contributed by atoms with E-state index in [1.54, 1.807) is 25.1 Å². The third-order valence-electron chi connectivity index (χ3n) is 1.78. The molecule has 0 heterocycles. The van der Waals surface area contributed by atoms with Crippen LogP contribution in [0.25, 0.3) is 0 Å². The predicted molar refractivity (Wildman–Crippen MR) is 59.2 cm³/mol. The summed E-state index contributed by atoms with van der Waals surface area (Å²) in [6.45, 7) is 1.58. The molecule has 1 rings (SSSR count). The summed E-state index contributed by atoms with van der Waals surface area (Å²) in [7, 11) is 0. The van der Waals surface area contributed by atoms with Gasteiger partial charge in [-0.05, 0) is 13.0 Å². The Balaban J connectivity index is 3.30. The van der Waals surface area contributed by atoms with Gasteiger partial charge in [-0.3, -0.25) is 9.59 Å². The largest absolute Gasteiger partial charge is 0.298 e. The molecule has 1 atom stereocenters. The van der Waals surface area contributed by atoms with E-state index < -0.39 is 5.38 Å². The summed E-state index contributed by atoms with van der Waals surface area (Å²) < 4.78 is 0.597. The number of benzene rings is 1. The van der Waals surface area contributed by atoms with Crippen LogP contribution < -0.4 is 0 Å². The van der Waals surface area contributed by atoms with Gasteiger partial charge in [-0.1, -0.05) is 28.1 Å². The van der Waals surface area contributed by atoms with Gasteiger partial charge in [0, 0.05) is 15.6 Å². The molecule has 0 saturated carbocycles. The number of Topliss-reactive ketones (excluding diaryl/α,β-unsaturated/α-hetero) is 1. The van der Waals surface area contributed by atoms with E-state index in [4.69, 9.17) is 11.6 Å². The molecule has 0 aliphatic rings. The minimum Gasteiger partial charge on any atom is -0.298 e. The van der Waals surface area contributed by atoms with E-state index in [1.165, 1.54) is 0 Å². The van der Waals surface area contributed by atoms with Gasteiger partial charge in [0.1, 0.15) is 0 Å². The highest BCUT2D eigenvalue weighted by molar-refractivity contribution is 9.10. The fourth-order valence-corrected chi connectivity index (χ4v) is 1.78. The number of rotatable bonds is 3. The number of halogens is 2. The summed E-state index contributed by atoms with van der Waals surface area (Å²) in [5.74, 6) is -0.249. The Hall–Kier alpha value is -0.670. The van der Waals surface area contributed by atoms with E-state index in [2.05, 4.69) is 15.9 Å². The van der Waals surface area contributed by atoms with E-state index in [9.17, 15) is 9.59 Å². The number of alkyl halides is 1. The van der Waals surface area contributed by atoms with Gasteiger partial charge in [0.05, 0.1) is 5.38 Å². The summed E-state index contributed by atoms with van der Waals surface area (Å²) in [6.07, 6.45) is 0.650. The second-order valence-corrected chi connectivity index (χ2v) is 4.31. The highest BCUT2D eigenvalue weighted by atomic mass is 79.9. The lowest BCUT2D eigenvalue weighted by atomic mass is 10.0. The van der Waals surface area contributed by atoms with Gasteiger partial charge >= 0.3 is 0 Å². The fourth-order valence-electron chi connectivity index (χ4n) is 1.10. The minimum absolute atomic E-state index is 0.249. The first-order valence-corrected chi connectivity index (χ1v) is 5.23. The molecule has 0 amide bonds. The summed E-state index contributed by atoms with van der Waals surface area (Å²) in [5, 5.41) is -0.632. The van der Waals surface area contributed by atoms with Crippen molar-refractivity contribution in [1.29, 1.82) is 0 Å². The third kappa shape index (κ3) is 2.22. The van der Waals surface area contributed by atoms with Gasteiger partial charge in [0.25, 0.3) is 0 Å². The van der Waals surface area contributed by atoms with Crippen LogP contribution in [-0.4, -0.2) is 17.4 Å². The standard InChI is InChI=1S/C10H8BrClO2/c1-6(12)10(14)9-7(5-13)3-2-4-8(9)11/h2-6H,1H3. The maximum atomic E-state index is 11.6. The van der Waals surface area contributed by atoms with E-state index in [1.807, 2.05) is 0 Å². The molecule has 0 aromatic heterocycles. The summed E-state index contributed by atoms with van der Waals surface area (Å²) in [4.78, 5) is 22.3. The lowest BCUT2D eigenvalue weighted by molar-refractivity contribution is 0.0984. The smallest absolute Gasteiger partial charge is 0.182 e. The van der Waals surface area contributed by atoms with Gasteiger partial charge in [-0.2, -0.15) is 0 Å². The zero-order valence-electron chi connectivity index (χ0n) is 7.46. The average Bonchev–Trinajstić information content (AvgIpc) is 2.16. The number of aldehydes is 1. The summed E-state index contributed by atoms with van der Waals surface area (Å²) in [6, 6.07) is 4.99. The van der Waals surface area contributed by atoms with E-state index in [0.29, 0.717) is 21.9 Å². The Morgan fingerprint density at radius 2 is 2.21 bits per heavy atom. The summed E-state index contributed by atoms with van der Waals surface area (Å²) in [5.41, 5.74) is 0.710. The first kappa shape index (κ1) is 11.4. The highest BCUT2D eigenvalue weighted by Gasteiger charge is 2.18. The van der Waals surface area contributed by atoms with Crippen molar-refractivity contribution >= 4 is 39.6 Å². The molecule has 0 bridgehead atoms. The van der Waals surface area contributed by atoms with Gasteiger partial charge in [0.15, 0.2) is 12.1 Å². The average molecular weight is 276 g/mol. The van der Waals surface area contributed by atoms with Crippen LogP contribution in [0.15, 0.2) is 22.7 Å². The number of ketones is 1. The number of hydrogen-bond donors (Lipinski definition) is 0. The number of carbonyl (C=O) groups is 2. The van der Waals surface area contributed by atoms with Crippen LogP contribution in [0.2, 0.25) is 0 Å². The van der Waals surface area contributed by atoms with Crippen molar-refractivity contribution in [1.82, 2.24) is 0 Å². The quantitative estimate of drug-likeness (QED) is 0.483. The molecule has 0 aliphatic heterocycles. The number of carbonyl (C=O) groups excluding carboxylic acids is 2. The maximum Gasteiger partial charge on any atom is 0.182 e. The Morgan fingerprint density at radius 1 is 1.57 bits per heavy atom. The Labute approximate surface area is 95.4 Å². The first-order chi connectivity index (χ1) is 6.57. The van der Waals surface area contributed by atoms with Crippen LogP contribution in [0, 0.1) is 0 Å². The maximum absolute atomic E-state index is 11.6. The van der Waals surface area contributed by atoms with Gasteiger partial charge in [0.2, 0.25) is 0 Å². The van der Waals surface area contributed by atoms with Crippen LogP contribution >= 0.6 is 27.5 Å².